The number of benzene rings is 1. The fourth-order valence-corrected chi connectivity index (χ4v) is 2.78. The molecule has 1 amide bonds. The summed E-state index contributed by atoms with van der Waals surface area (Å²) in [5.41, 5.74) is 3.46. The molecule has 1 aliphatic rings. The molecule has 1 heterocycles. The Labute approximate surface area is 126 Å². The van der Waals surface area contributed by atoms with E-state index in [1.54, 1.807) is 0 Å². The van der Waals surface area contributed by atoms with Gasteiger partial charge in [0, 0.05) is 19.1 Å². The lowest BCUT2D eigenvalue weighted by molar-refractivity contribution is -0.121. The van der Waals surface area contributed by atoms with Crippen LogP contribution in [-0.2, 0) is 11.2 Å². The quantitative estimate of drug-likeness (QED) is 0.860. The Kier molecular flexibility index (Phi) is 5.35. The fourth-order valence-electron chi connectivity index (χ4n) is 2.78. The lowest BCUT2D eigenvalue weighted by Gasteiger charge is -2.30. The molecule has 0 radical (unpaired) electrons. The van der Waals surface area contributed by atoms with Gasteiger partial charge in [-0.05, 0) is 37.8 Å². The first-order chi connectivity index (χ1) is 10.1. The third-order valence-corrected chi connectivity index (χ3v) is 4.10. The van der Waals surface area contributed by atoms with Gasteiger partial charge in [0.2, 0.25) is 5.91 Å². The first-order valence-electron chi connectivity index (χ1n) is 7.53. The highest BCUT2D eigenvalue weighted by molar-refractivity contribution is 5.79. The zero-order chi connectivity index (χ0) is 15.2. The maximum atomic E-state index is 12.2. The first kappa shape index (κ1) is 15.5. The molecule has 0 unspecified atom stereocenters. The van der Waals surface area contributed by atoms with Crippen molar-refractivity contribution >= 4 is 5.91 Å². The molecule has 21 heavy (non-hydrogen) atoms. The van der Waals surface area contributed by atoms with Crippen molar-refractivity contribution in [3.8, 4) is 6.07 Å². The highest BCUT2D eigenvalue weighted by Crippen LogP contribution is 2.13. The van der Waals surface area contributed by atoms with E-state index in [0.29, 0.717) is 13.0 Å². The zero-order valence-corrected chi connectivity index (χ0v) is 12.9. The molecule has 1 aromatic carbocycles. The Balaban J connectivity index is 1.83. The van der Waals surface area contributed by atoms with Crippen LogP contribution in [0.5, 0.6) is 0 Å². The molecular weight excluding hydrogens is 262 g/mol. The molecule has 4 nitrogen and oxygen atoms in total. The summed E-state index contributed by atoms with van der Waals surface area (Å²) in [5, 5.41) is 11.8. The zero-order valence-electron chi connectivity index (χ0n) is 12.9. The molecule has 0 aliphatic carbocycles. The lowest BCUT2D eigenvalue weighted by Crippen LogP contribution is -2.45. The van der Waals surface area contributed by atoms with Gasteiger partial charge in [0.15, 0.2) is 0 Å². The van der Waals surface area contributed by atoms with E-state index in [2.05, 4.69) is 34.5 Å². The molecule has 1 saturated heterocycles. The van der Waals surface area contributed by atoms with Crippen LogP contribution in [0.3, 0.4) is 0 Å². The summed E-state index contributed by atoms with van der Waals surface area (Å²) in [4.78, 5) is 14.3. The molecule has 0 bridgehead atoms. The molecule has 4 heteroatoms. The van der Waals surface area contributed by atoms with Gasteiger partial charge in [-0.25, -0.2) is 0 Å². The van der Waals surface area contributed by atoms with Gasteiger partial charge < -0.3 is 5.32 Å². The van der Waals surface area contributed by atoms with Crippen LogP contribution in [0.4, 0.5) is 0 Å². The highest BCUT2D eigenvalue weighted by atomic mass is 16.1. The van der Waals surface area contributed by atoms with Crippen molar-refractivity contribution in [1.29, 1.82) is 5.26 Å². The Morgan fingerprint density at radius 3 is 2.76 bits per heavy atom. The molecule has 1 aromatic rings. The number of hydrogen-bond acceptors (Lipinski definition) is 3. The van der Waals surface area contributed by atoms with Crippen LogP contribution in [0.1, 0.15) is 29.5 Å². The molecule has 0 aromatic heterocycles. The van der Waals surface area contributed by atoms with Crippen molar-refractivity contribution in [2.45, 2.75) is 39.2 Å². The maximum absolute atomic E-state index is 12.2. The van der Waals surface area contributed by atoms with Gasteiger partial charge in [-0.15, -0.1) is 0 Å². The van der Waals surface area contributed by atoms with E-state index < -0.39 is 0 Å². The first-order valence-corrected chi connectivity index (χ1v) is 7.53. The minimum atomic E-state index is 0.0995. The Hall–Kier alpha value is -1.86. The number of aryl methyl sites for hydroxylation is 2. The topological polar surface area (TPSA) is 56.1 Å². The number of nitrogens with one attached hydrogen (secondary N) is 1. The monoisotopic (exact) mass is 285 g/mol. The number of likely N-dealkylation sites (tertiary alicyclic amines) is 1. The largest absolute Gasteiger partial charge is 0.353 e. The standard InChI is InChI=1S/C17H23N3O/c1-13-3-4-14(2)15(11-13)12-17(21)19-16-5-8-20(9-6-16)10-7-18/h3-4,11,16H,5-6,8-10,12H2,1-2H3,(H,19,21). The number of carbonyl (C=O) groups is 1. The van der Waals surface area contributed by atoms with Crippen LogP contribution in [0.2, 0.25) is 0 Å². The van der Waals surface area contributed by atoms with Crippen LogP contribution < -0.4 is 5.32 Å². The van der Waals surface area contributed by atoms with Gasteiger partial charge in [0.05, 0.1) is 19.0 Å². The van der Waals surface area contributed by atoms with Gasteiger partial charge in [0.25, 0.3) is 0 Å². The summed E-state index contributed by atoms with van der Waals surface area (Å²) in [5.74, 6) is 0.0995. The molecule has 1 N–H and O–H groups in total. The van der Waals surface area contributed by atoms with Crippen LogP contribution >= 0.6 is 0 Å². The molecule has 0 saturated carbocycles. The number of hydrogen-bond donors (Lipinski definition) is 1. The van der Waals surface area contributed by atoms with E-state index in [0.717, 1.165) is 31.5 Å². The summed E-state index contributed by atoms with van der Waals surface area (Å²) in [7, 11) is 0. The number of rotatable bonds is 4. The van der Waals surface area contributed by atoms with Crippen molar-refractivity contribution in [2.75, 3.05) is 19.6 Å². The summed E-state index contributed by atoms with van der Waals surface area (Å²) in [6.45, 7) is 6.36. The molecule has 1 aliphatic heterocycles. The van der Waals surface area contributed by atoms with E-state index >= 15 is 0 Å². The summed E-state index contributed by atoms with van der Waals surface area (Å²) in [6, 6.07) is 8.65. The van der Waals surface area contributed by atoms with E-state index in [1.165, 1.54) is 11.1 Å². The van der Waals surface area contributed by atoms with Crippen molar-refractivity contribution < 1.29 is 4.79 Å². The van der Waals surface area contributed by atoms with Gasteiger partial charge >= 0.3 is 0 Å². The van der Waals surface area contributed by atoms with Crippen LogP contribution in [0, 0.1) is 25.2 Å². The van der Waals surface area contributed by atoms with E-state index in [1.807, 2.05) is 13.8 Å². The van der Waals surface area contributed by atoms with E-state index in [9.17, 15) is 4.79 Å². The van der Waals surface area contributed by atoms with Crippen LogP contribution in [0.15, 0.2) is 18.2 Å². The minimum Gasteiger partial charge on any atom is -0.353 e. The predicted octanol–water partition coefficient (Wildman–Crippen LogP) is 1.95. The number of nitriles is 1. The van der Waals surface area contributed by atoms with Gasteiger partial charge in [-0.1, -0.05) is 23.8 Å². The van der Waals surface area contributed by atoms with Crippen molar-refractivity contribution in [3.63, 3.8) is 0 Å². The molecule has 0 atom stereocenters. The number of amides is 1. The van der Waals surface area contributed by atoms with E-state index in [4.69, 9.17) is 5.26 Å². The fraction of sp³-hybridized carbons (Fsp3) is 0.529. The lowest BCUT2D eigenvalue weighted by atomic mass is 10.0. The van der Waals surface area contributed by atoms with E-state index in [-0.39, 0.29) is 11.9 Å². The van der Waals surface area contributed by atoms with Crippen LogP contribution in [0.25, 0.3) is 0 Å². The molecule has 0 spiro atoms. The minimum absolute atomic E-state index is 0.0995. The normalized spacial score (nSPS) is 16.4. The second-order valence-corrected chi connectivity index (χ2v) is 5.88. The van der Waals surface area contributed by atoms with Gasteiger partial charge in [0.1, 0.15) is 0 Å². The Morgan fingerprint density at radius 2 is 2.10 bits per heavy atom. The third-order valence-electron chi connectivity index (χ3n) is 4.10. The predicted molar refractivity (Wildman–Crippen MR) is 82.8 cm³/mol. The van der Waals surface area contributed by atoms with Crippen molar-refractivity contribution in [2.24, 2.45) is 0 Å². The summed E-state index contributed by atoms with van der Waals surface area (Å²) in [6.07, 6.45) is 2.31. The smallest absolute Gasteiger partial charge is 0.224 e. The SMILES string of the molecule is Cc1ccc(C)c(CC(=O)NC2CCN(CC#N)CC2)c1. The van der Waals surface area contributed by atoms with Gasteiger partial charge in [-0.2, -0.15) is 5.26 Å². The van der Waals surface area contributed by atoms with Gasteiger partial charge in [-0.3, -0.25) is 9.69 Å². The van der Waals surface area contributed by atoms with Crippen LogP contribution in [-0.4, -0.2) is 36.5 Å². The summed E-state index contributed by atoms with van der Waals surface area (Å²) < 4.78 is 0. The Morgan fingerprint density at radius 1 is 1.38 bits per heavy atom. The second-order valence-electron chi connectivity index (χ2n) is 5.88. The average molecular weight is 285 g/mol. The molecule has 1 fully saturated rings. The summed E-state index contributed by atoms with van der Waals surface area (Å²) >= 11 is 0. The molecule has 112 valence electrons. The molecular formula is C17H23N3O. The highest BCUT2D eigenvalue weighted by Gasteiger charge is 2.20. The average Bonchev–Trinajstić information content (AvgIpc) is 2.45. The van der Waals surface area contributed by atoms with Crippen molar-refractivity contribution in [3.05, 3.63) is 34.9 Å². The maximum Gasteiger partial charge on any atom is 0.224 e. The molecule has 2 rings (SSSR count). The second kappa shape index (κ2) is 7.24. The Bertz CT molecular complexity index is 539. The third kappa shape index (κ3) is 4.57. The number of carbonyl (C=O) groups excluding carboxylic acids is 1. The van der Waals surface area contributed by atoms with Crippen molar-refractivity contribution in [1.82, 2.24) is 10.2 Å². The number of nitrogens with zero attached hydrogens (tertiary/aromatic N) is 2. The number of piperidine rings is 1.